The molecular formula is C30H49N3O6. The monoisotopic (exact) mass is 547 g/mol. The van der Waals surface area contributed by atoms with Crippen LogP contribution < -0.4 is 5.32 Å². The fourth-order valence-corrected chi connectivity index (χ4v) is 8.10. The van der Waals surface area contributed by atoms with E-state index in [1.807, 2.05) is 34.6 Å². The molecule has 1 spiro atoms. The Morgan fingerprint density at radius 2 is 1.74 bits per heavy atom. The van der Waals surface area contributed by atoms with E-state index < -0.39 is 23.2 Å². The van der Waals surface area contributed by atoms with Gasteiger partial charge in [-0.25, -0.2) is 9.78 Å². The minimum absolute atomic E-state index is 0.00817. The summed E-state index contributed by atoms with van der Waals surface area (Å²) in [7, 11) is 0. The van der Waals surface area contributed by atoms with Gasteiger partial charge in [0.05, 0.1) is 0 Å². The van der Waals surface area contributed by atoms with Crippen LogP contribution in [0.15, 0.2) is 0 Å². The van der Waals surface area contributed by atoms with Crippen molar-refractivity contribution < 1.29 is 28.9 Å². The summed E-state index contributed by atoms with van der Waals surface area (Å²) in [5, 5.41) is 3.14. The van der Waals surface area contributed by atoms with E-state index in [0.717, 1.165) is 44.9 Å². The second-order valence-electron chi connectivity index (χ2n) is 14.1. The number of ether oxygens (including phenoxy) is 1. The summed E-state index contributed by atoms with van der Waals surface area (Å²) in [5.41, 5.74) is -1.26. The van der Waals surface area contributed by atoms with Gasteiger partial charge >= 0.3 is 0 Å². The van der Waals surface area contributed by atoms with Gasteiger partial charge in [-0.2, -0.15) is 0 Å². The standard InChI is InChI=1S/C30H49N3O6/c1-19-12-13-23-20(2)26(36)32(27-30(23)22(19)14-16-29(6,37-27)38-39-30)17-15-25(35)33(28(3,4)5)18-24(34)31-21-10-8-7-9-11-21/h19-23,27H,7-18H2,1-6H3,(H,31,34)/t19-,20+,22?,23?,27?,29-,30+/m0/s1. The molecule has 9 nitrogen and oxygen atoms in total. The highest BCUT2D eigenvalue weighted by Gasteiger charge is 2.70. The van der Waals surface area contributed by atoms with Crippen LogP contribution >= 0.6 is 0 Å². The molecule has 4 saturated heterocycles. The van der Waals surface area contributed by atoms with E-state index in [-0.39, 0.29) is 61.0 Å². The number of carbonyl (C=O) groups excluding carboxylic acids is 3. The third-order valence-electron chi connectivity index (χ3n) is 10.3. The summed E-state index contributed by atoms with van der Waals surface area (Å²) in [6.45, 7) is 12.2. The first-order valence-electron chi connectivity index (χ1n) is 15.3. The number of nitrogens with zero attached hydrogens (tertiary/aromatic N) is 2. The lowest BCUT2D eigenvalue weighted by Crippen LogP contribution is -2.75. The highest BCUT2D eigenvalue weighted by Crippen LogP contribution is 2.60. The molecule has 4 heterocycles. The molecule has 6 fully saturated rings. The molecular weight excluding hydrogens is 498 g/mol. The number of rotatable bonds is 6. The van der Waals surface area contributed by atoms with E-state index in [9.17, 15) is 14.4 Å². The number of hydrogen-bond acceptors (Lipinski definition) is 6. The van der Waals surface area contributed by atoms with E-state index in [1.165, 1.54) is 6.42 Å². The Morgan fingerprint density at radius 3 is 2.44 bits per heavy atom. The zero-order valence-corrected chi connectivity index (χ0v) is 24.8. The molecule has 0 aromatic heterocycles. The number of piperidine rings is 1. The van der Waals surface area contributed by atoms with Gasteiger partial charge in [0.2, 0.25) is 23.5 Å². The SMILES string of the molecule is C[C@H]1CCC2[C@@H](C)C(=O)N(CCC(=O)N(CC(=O)NC3CCCCC3)C(C)(C)C)C3O[C@]4(C)CCC1[C@@]23OO4. The summed E-state index contributed by atoms with van der Waals surface area (Å²) in [6, 6.07) is 0.194. The molecule has 6 aliphatic rings. The predicted molar refractivity (Wildman–Crippen MR) is 145 cm³/mol. The van der Waals surface area contributed by atoms with Crippen LogP contribution in [0.25, 0.3) is 0 Å². The average molecular weight is 548 g/mol. The van der Waals surface area contributed by atoms with Crippen LogP contribution in [-0.4, -0.2) is 69.8 Å². The van der Waals surface area contributed by atoms with Gasteiger partial charge in [0, 0.05) is 42.8 Å². The van der Waals surface area contributed by atoms with Crippen LogP contribution in [0.1, 0.15) is 106 Å². The Labute approximate surface area is 233 Å². The smallest absolute Gasteiger partial charge is 0.239 e. The van der Waals surface area contributed by atoms with Crippen molar-refractivity contribution in [1.29, 1.82) is 0 Å². The molecule has 0 radical (unpaired) electrons. The van der Waals surface area contributed by atoms with Crippen molar-refractivity contribution in [2.75, 3.05) is 13.1 Å². The van der Waals surface area contributed by atoms with Crippen LogP contribution in [0.5, 0.6) is 0 Å². The van der Waals surface area contributed by atoms with Gasteiger partial charge < -0.3 is 19.9 Å². The second kappa shape index (κ2) is 10.6. The largest absolute Gasteiger partial charge is 0.352 e. The van der Waals surface area contributed by atoms with E-state index in [1.54, 1.807) is 9.80 Å². The molecule has 2 aliphatic carbocycles. The minimum Gasteiger partial charge on any atom is -0.352 e. The van der Waals surface area contributed by atoms with Gasteiger partial charge in [-0.3, -0.25) is 14.4 Å². The van der Waals surface area contributed by atoms with E-state index in [4.69, 9.17) is 14.5 Å². The molecule has 6 rings (SSSR count). The zero-order valence-electron chi connectivity index (χ0n) is 24.8. The predicted octanol–water partition coefficient (Wildman–Crippen LogP) is 4.15. The van der Waals surface area contributed by atoms with Gasteiger partial charge in [-0.05, 0) is 71.6 Å². The van der Waals surface area contributed by atoms with Gasteiger partial charge in [-0.1, -0.05) is 33.1 Å². The Hall–Kier alpha value is -1.71. The Kier molecular flexibility index (Phi) is 7.83. The lowest BCUT2D eigenvalue weighted by atomic mass is 9.57. The molecule has 39 heavy (non-hydrogen) atoms. The van der Waals surface area contributed by atoms with Crippen molar-refractivity contribution in [2.45, 2.75) is 135 Å². The molecule has 7 atom stereocenters. The van der Waals surface area contributed by atoms with Crippen molar-refractivity contribution in [3.63, 3.8) is 0 Å². The lowest BCUT2D eigenvalue weighted by molar-refractivity contribution is -0.547. The maximum atomic E-state index is 13.8. The fourth-order valence-electron chi connectivity index (χ4n) is 8.10. The molecule has 0 aromatic rings. The van der Waals surface area contributed by atoms with Crippen LogP contribution in [0.3, 0.4) is 0 Å². The maximum absolute atomic E-state index is 13.8. The first-order valence-corrected chi connectivity index (χ1v) is 15.3. The van der Waals surface area contributed by atoms with Crippen molar-refractivity contribution in [3.05, 3.63) is 0 Å². The summed E-state index contributed by atoms with van der Waals surface area (Å²) in [6.07, 6.45) is 8.59. The first kappa shape index (κ1) is 28.8. The lowest BCUT2D eigenvalue weighted by Gasteiger charge is -2.61. The van der Waals surface area contributed by atoms with Crippen molar-refractivity contribution >= 4 is 17.7 Å². The van der Waals surface area contributed by atoms with Gasteiger partial charge in [-0.15, -0.1) is 0 Å². The summed E-state index contributed by atoms with van der Waals surface area (Å²) in [4.78, 5) is 56.0. The third kappa shape index (κ3) is 5.23. The Bertz CT molecular complexity index is 961. The molecule has 3 unspecified atom stereocenters. The summed E-state index contributed by atoms with van der Waals surface area (Å²) < 4.78 is 6.59. The fraction of sp³-hybridized carbons (Fsp3) is 0.900. The Morgan fingerprint density at radius 1 is 1.03 bits per heavy atom. The number of amides is 3. The van der Waals surface area contributed by atoms with Gasteiger partial charge in [0.25, 0.3) is 0 Å². The maximum Gasteiger partial charge on any atom is 0.239 e. The molecule has 4 aliphatic heterocycles. The first-order chi connectivity index (χ1) is 18.4. The number of carbonyl (C=O) groups is 3. The second-order valence-corrected chi connectivity index (χ2v) is 14.1. The number of nitrogens with one attached hydrogen (secondary N) is 1. The van der Waals surface area contributed by atoms with E-state index >= 15 is 0 Å². The van der Waals surface area contributed by atoms with Crippen LogP contribution in [-0.2, 0) is 28.9 Å². The van der Waals surface area contributed by atoms with Crippen molar-refractivity contribution in [3.8, 4) is 0 Å². The molecule has 2 bridgehead atoms. The number of likely N-dealkylation sites (tertiary alicyclic amines) is 1. The molecule has 2 saturated carbocycles. The van der Waals surface area contributed by atoms with Crippen LogP contribution in [0, 0.1) is 23.7 Å². The quantitative estimate of drug-likeness (QED) is 0.502. The van der Waals surface area contributed by atoms with E-state index in [0.29, 0.717) is 12.3 Å². The van der Waals surface area contributed by atoms with Crippen molar-refractivity contribution in [2.24, 2.45) is 23.7 Å². The topological polar surface area (TPSA) is 97.4 Å². The minimum atomic E-state index is -0.921. The Balaban J connectivity index is 1.33. The average Bonchev–Trinajstić information content (AvgIpc) is 3.12. The normalized spacial score (nSPS) is 38.7. The highest BCUT2D eigenvalue weighted by molar-refractivity contribution is 5.86. The zero-order chi connectivity index (χ0) is 28.2. The molecule has 220 valence electrons. The van der Waals surface area contributed by atoms with Crippen LogP contribution in [0.4, 0.5) is 0 Å². The van der Waals surface area contributed by atoms with Crippen LogP contribution in [0.2, 0.25) is 0 Å². The highest BCUT2D eigenvalue weighted by atomic mass is 17.3. The summed E-state index contributed by atoms with van der Waals surface area (Å²) in [5.74, 6) is -0.757. The van der Waals surface area contributed by atoms with Gasteiger partial charge in [0.15, 0.2) is 11.8 Å². The van der Waals surface area contributed by atoms with E-state index in [2.05, 4.69) is 12.2 Å². The van der Waals surface area contributed by atoms with Gasteiger partial charge in [0.1, 0.15) is 6.54 Å². The molecule has 0 aromatic carbocycles. The molecule has 9 heteroatoms. The van der Waals surface area contributed by atoms with Crippen molar-refractivity contribution in [1.82, 2.24) is 15.1 Å². The number of fused-ring (bicyclic) bond motifs is 2. The molecule has 1 N–H and O–H groups in total. The third-order valence-corrected chi connectivity index (χ3v) is 10.3. The number of hydrogen-bond donors (Lipinski definition) is 1. The molecule has 3 amide bonds. The summed E-state index contributed by atoms with van der Waals surface area (Å²) >= 11 is 0.